The Morgan fingerprint density at radius 1 is 1.22 bits per heavy atom. The Hall–Kier alpha value is 0.250. The third-order valence-corrected chi connectivity index (χ3v) is 2.40. The van der Waals surface area contributed by atoms with E-state index >= 15 is 0 Å². The number of Topliss-reactive ketones (excluding diaryl/α,β-unsaturated/α-hetero) is 1. The average Bonchev–Trinajstić information content (AvgIpc) is 1.83. The van der Waals surface area contributed by atoms with Crippen molar-refractivity contribution in [2.24, 2.45) is 0 Å². The van der Waals surface area contributed by atoms with Crippen LogP contribution in [-0.4, -0.2) is 16.5 Å². The average molecular weight is 167 g/mol. The highest BCUT2D eigenvalue weighted by atomic mass is 35.5. The van der Waals surface area contributed by atoms with Gasteiger partial charge in [-0.25, -0.2) is 0 Å². The van der Waals surface area contributed by atoms with E-state index < -0.39 is 0 Å². The van der Waals surface area contributed by atoms with E-state index in [-0.39, 0.29) is 16.5 Å². The third-order valence-electron chi connectivity index (χ3n) is 1.53. The lowest BCUT2D eigenvalue weighted by Crippen LogP contribution is -2.29. The predicted octanol–water partition coefficient (Wildman–Crippen LogP) is 1.95. The summed E-state index contributed by atoms with van der Waals surface area (Å²) in [4.78, 5) is 10.9. The highest BCUT2D eigenvalue weighted by Crippen LogP contribution is 2.23. The molecule has 1 saturated carbocycles. The van der Waals surface area contributed by atoms with Gasteiger partial charge in [-0.15, -0.1) is 23.2 Å². The summed E-state index contributed by atoms with van der Waals surface area (Å²) in [6.07, 6.45) is 2.57. The largest absolute Gasteiger partial charge is 0.296 e. The van der Waals surface area contributed by atoms with Crippen molar-refractivity contribution >= 4 is 29.0 Å². The molecular formula is C6H8Cl2O. The maximum Gasteiger partial charge on any atom is 0.168 e. The second-order valence-electron chi connectivity index (χ2n) is 2.27. The van der Waals surface area contributed by atoms with E-state index in [1.165, 1.54) is 0 Å². The van der Waals surface area contributed by atoms with Gasteiger partial charge in [0.05, 0.1) is 10.8 Å². The van der Waals surface area contributed by atoms with Crippen molar-refractivity contribution in [3.8, 4) is 0 Å². The lowest BCUT2D eigenvalue weighted by molar-refractivity contribution is -0.119. The molecule has 0 heterocycles. The van der Waals surface area contributed by atoms with Gasteiger partial charge in [0.1, 0.15) is 0 Å². The van der Waals surface area contributed by atoms with Crippen molar-refractivity contribution in [1.82, 2.24) is 0 Å². The quantitative estimate of drug-likeness (QED) is 0.504. The van der Waals surface area contributed by atoms with Crippen LogP contribution in [0.25, 0.3) is 0 Å². The zero-order chi connectivity index (χ0) is 6.85. The normalized spacial score (nSPS) is 36.9. The Kier molecular flexibility index (Phi) is 2.36. The Balaban J connectivity index is 2.52. The Morgan fingerprint density at radius 3 is 2.00 bits per heavy atom. The molecule has 0 bridgehead atoms. The molecule has 0 unspecified atom stereocenters. The lowest BCUT2D eigenvalue weighted by Gasteiger charge is -2.18. The van der Waals surface area contributed by atoms with Gasteiger partial charge in [-0.3, -0.25) is 4.79 Å². The van der Waals surface area contributed by atoms with Gasteiger partial charge in [-0.05, 0) is 19.3 Å². The summed E-state index contributed by atoms with van der Waals surface area (Å²) >= 11 is 11.3. The van der Waals surface area contributed by atoms with E-state index in [0.29, 0.717) is 0 Å². The molecule has 1 nitrogen and oxygen atoms in total. The molecule has 2 atom stereocenters. The fraction of sp³-hybridized carbons (Fsp3) is 0.833. The summed E-state index contributed by atoms with van der Waals surface area (Å²) in [5.41, 5.74) is 0. The van der Waals surface area contributed by atoms with Crippen molar-refractivity contribution < 1.29 is 4.79 Å². The van der Waals surface area contributed by atoms with Crippen LogP contribution in [-0.2, 0) is 4.79 Å². The zero-order valence-corrected chi connectivity index (χ0v) is 6.45. The first kappa shape index (κ1) is 7.36. The second kappa shape index (κ2) is 2.89. The lowest BCUT2D eigenvalue weighted by atomic mass is 9.98. The molecule has 1 fully saturated rings. The summed E-state index contributed by atoms with van der Waals surface area (Å²) in [6, 6.07) is 0. The van der Waals surface area contributed by atoms with Crippen LogP contribution in [0.2, 0.25) is 0 Å². The monoisotopic (exact) mass is 166 g/mol. The molecule has 0 aliphatic heterocycles. The van der Waals surface area contributed by atoms with Crippen molar-refractivity contribution in [3.63, 3.8) is 0 Å². The SMILES string of the molecule is O=C1[C@H](Cl)CCC[C@@H]1Cl. The first-order valence-corrected chi connectivity index (χ1v) is 3.91. The van der Waals surface area contributed by atoms with Crippen LogP contribution < -0.4 is 0 Å². The molecule has 0 aromatic carbocycles. The summed E-state index contributed by atoms with van der Waals surface area (Å²) in [5.74, 6) is 0.00424. The fourth-order valence-corrected chi connectivity index (χ4v) is 1.63. The van der Waals surface area contributed by atoms with E-state index in [9.17, 15) is 4.79 Å². The maximum atomic E-state index is 10.9. The number of carbonyl (C=O) groups excluding carboxylic acids is 1. The highest BCUT2D eigenvalue weighted by molar-refractivity contribution is 6.40. The van der Waals surface area contributed by atoms with Crippen LogP contribution in [0.1, 0.15) is 19.3 Å². The molecule has 3 heteroatoms. The van der Waals surface area contributed by atoms with E-state index in [1.807, 2.05) is 0 Å². The van der Waals surface area contributed by atoms with Crippen LogP contribution in [0.4, 0.5) is 0 Å². The molecule has 0 aromatic heterocycles. The molecule has 0 amide bonds. The van der Waals surface area contributed by atoms with Crippen molar-refractivity contribution in [1.29, 1.82) is 0 Å². The van der Waals surface area contributed by atoms with Crippen LogP contribution in [0.5, 0.6) is 0 Å². The minimum absolute atomic E-state index is 0.00424. The van der Waals surface area contributed by atoms with E-state index in [4.69, 9.17) is 23.2 Å². The first-order chi connectivity index (χ1) is 4.22. The topological polar surface area (TPSA) is 17.1 Å². The molecule has 0 aromatic rings. The van der Waals surface area contributed by atoms with Crippen LogP contribution >= 0.6 is 23.2 Å². The minimum atomic E-state index is -0.318. The highest BCUT2D eigenvalue weighted by Gasteiger charge is 2.27. The number of alkyl halides is 2. The van der Waals surface area contributed by atoms with Crippen molar-refractivity contribution in [3.05, 3.63) is 0 Å². The number of hydrogen-bond acceptors (Lipinski definition) is 1. The maximum absolute atomic E-state index is 10.9. The molecule has 0 saturated heterocycles. The van der Waals surface area contributed by atoms with Crippen molar-refractivity contribution in [2.75, 3.05) is 0 Å². The summed E-state index contributed by atoms with van der Waals surface area (Å²) < 4.78 is 0. The molecular weight excluding hydrogens is 159 g/mol. The van der Waals surface area contributed by atoms with Gasteiger partial charge in [0.25, 0.3) is 0 Å². The molecule has 1 aliphatic carbocycles. The number of ketones is 1. The van der Waals surface area contributed by atoms with Gasteiger partial charge >= 0.3 is 0 Å². The van der Waals surface area contributed by atoms with E-state index in [2.05, 4.69) is 0 Å². The standard InChI is InChI=1S/C6H8Cl2O/c7-4-2-1-3-5(8)6(4)9/h4-5H,1-3H2/t4-,5+. The zero-order valence-electron chi connectivity index (χ0n) is 4.94. The van der Waals surface area contributed by atoms with Crippen LogP contribution in [0, 0.1) is 0 Å². The van der Waals surface area contributed by atoms with Gasteiger partial charge in [-0.1, -0.05) is 0 Å². The number of rotatable bonds is 0. The number of hydrogen-bond donors (Lipinski definition) is 0. The molecule has 0 N–H and O–H groups in total. The molecule has 1 aliphatic rings. The minimum Gasteiger partial charge on any atom is -0.296 e. The summed E-state index contributed by atoms with van der Waals surface area (Å²) in [5, 5.41) is -0.637. The van der Waals surface area contributed by atoms with Gasteiger partial charge in [0, 0.05) is 0 Å². The molecule has 0 radical (unpaired) electrons. The second-order valence-corrected chi connectivity index (χ2v) is 3.32. The number of carbonyl (C=O) groups is 1. The fourth-order valence-electron chi connectivity index (χ4n) is 0.957. The first-order valence-electron chi connectivity index (χ1n) is 3.03. The third kappa shape index (κ3) is 1.59. The van der Waals surface area contributed by atoms with Gasteiger partial charge in [0.2, 0.25) is 0 Å². The molecule has 1 rings (SSSR count). The molecule has 0 spiro atoms. The van der Waals surface area contributed by atoms with Crippen LogP contribution in [0.3, 0.4) is 0 Å². The van der Waals surface area contributed by atoms with Crippen molar-refractivity contribution in [2.45, 2.75) is 30.0 Å². The molecule has 9 heavy (non-hydrogen) atoms. The van der Waals surface area contributed by atoms with Crippen LogP contribution in [0.15, 0.2) is 0 Å². The molecule has 52 valence electrons. The summed E-state index contributed by atoms with van der Waals surface area (Å²) in [7, 11) is 0. The van der Waals surface area contributed by atoms with Gasteiger partial charge in [0.15, 0.2) is 5.78 Å². The van der Waals surface area contributed by atoms with Gasteiger partial charge in [-0.2, -0.15) is 0 Å². The Morgan fingerprint density at radius 2 is 1.67 bits per heavy atom. The smallest absolute Gasteiger partial charge is 0.168 e. The van der Waals surface area contributed by atoms with Gasteiger partial charge < -0.3 is 0 Å². The Bertz CT molecular complexity index is 112. The number of halogens is 2. The Labute approximate surface area is 64.3 Å². The summed E-state index contributed by atoms with van der Waals surface area (Å²) in [6.45, 7) is 0. The predicted molar refractivity (Wildman–Crippen MR) is 38.1 cm³/mol. The van der Waals surface area contributed by atoms with E-state index in [1.54, 1.807) is 0 Å². The van der Waals surface area contributed by atoms with E-state index in [0.717, 1.165) is 19.3 Å².